The van der Waals surface area contributed by atoms with Crippen molar-refractivity contribution in [3.8, 4) is 0 Å². The van der Waals surface area contributed by atoms with E-state index in [0.717, 1.165) is 64.3 Å². The van der Waals surface area contributed by atoms with E-state index in [1.54, 1.807) is 0 Å². The van der Waals surface area contributed by atoms with E-state index in [9.17, 15) is 9.59 Å². The van der Waals surface area contributed by atoms with E-state index in [4.69, 9.17) is 16.1 Å². The Morgan fingerprint density at radius 1 is 0.511 bits per heavy atom. The van der Waals surface area contributed by atoms with E-state index in [1.807, 2.05) is 0 Å². The van der Waals surface area contributed by atoms with Crippen LogP contribution in [0.2, 0.25) is 0 Å². The summed E-state index contributed by atoms with van der Waals surface area (Å²) >= 11 is 0. The molecule has 0 aliphatic carbocycles. The molecule has 45 heavy (non-hydrogen) atoms. The smallest absolute Gasteiger partial charge is 0.303 e. The number of carboxylic acids is 2. The van der Waals surface area contributed by atoms with Crippen LogP contribution in [0.1, 0.15) is 200 Å². The molecule has 0 saturated carbocycles. The van der Waals surface area contributed by atoms with Crippen LogP contribution in [0, 0.1) is 0 Å². The summed E-state index contributed by atoms with van der Waals surface area (Å²) in [4.78, 5) is 21.0. The predicted octanol–water partition coefficient (Wildman–Crippen LogP) is 11.5. The van der Waals surface area contributed by atoms with Crippen molar-refractivity contribution in [3.63, 3.8) is 0 Å². The van der Waals surface area contributed by atoms with Crippen LogP contribution in [0.4, 0.5) is 0 Å². The first-order chi connectivity index (χ1) is 22.0. The SMILES string of the molecule is CCC(CCCCCCCCC=CCCCCCCCC(=O)O)N(N)CCCCCCCCC=CCCCCCCCC(=O)O. The van der Waals surface area contributed by atoms with Gasteiger partial charge in [-0.1, -0.05) is 128 Å². The Labute approximate surface area is 278 Å². The number of carbonyl (C=O) groups is 2. The van der Waals surface area contributed by atoms with Crippen LogP contribution in [0.15, 0.2) is 24.3 Å². The fourth-order valence-corrected chi connectivity index (χ4v) is 6.01. The molecule has 4 N–H and O–H groups in total. The van der Waals surface area contributed by atoms with Gasteiger partial charge in [-0.3, -0.25) is 15.4 Å². The summed E-state index contributed by atoms with van der Waals surface area (Å²) in [5.41, 5.74) is 0. The van der Waals surface area contributed by atoms with Gasteiger partial charge in [-0.25, -0.2) is 5.01 Å². The van der Waals surface area contributed by atoms with Crippen LogP contribution in [0.3, 0.4) is 0 Å². The lowest BCUT2D eigenvalue weighted by atomic mass is 10.0. The van der Waals surface area contributed by atoms with Gasteiger partial charge in [0, 0.05) is 25.4 Å². The van der Waals surface area contributed by atoms with Crippen molar-refractivity contribution in [1.82, 2.24) is 5.01 Å². The van der Waals surface area contributed by atoms with E-state index < -0.39 is 11.9 Å². The third kappa shape index (κ3) is 35.0. The third-order valence-corrected chi connectivity index (χ3v) is 8.99. The van der Waals surface area contributed by atoms with Gasteiger partial charge in [-0.2, -0.15) is 0 Å². The first kappa shape index (κ1) is 43.3. The van der Waals surface area contributed by atoms with Crippen molar-refractivity contribution in [1.29, 1.82) is 0 Å². The van der Waals surface area contributed by atoms with Gasteiger partial charge in [0.25, 0.3) is 0 Å². The molecule has 1 atom stereocenters. The standard InChI is InChI=1S/C39H74N2O4/c1-2-37(33-29-25-21-17-13-9-5-3-6-10-14-18-22-26-30-34-38(42)43)41(40)36-32-28-24-20-16-12-8-4-7-11-15-19-23-27-31-35-39(44)45/h3-4,6-7,37H,2,5,8-36,40H2,1H3,(H,42,43)(H,44,45). The lowest BCUT2D eigenvalue weighted by Gasteiger charge is -2.26. The monoisotopic (exact) mass is 635 g/mol. The molecule has 264 valence electrons. The second kappa shape index (κ2) is 35.2. The normalized spacial score (nSPS) is 12.6. The number of hydrazine groups is 1. The van der Waals surface area contributed by atoms with Crippen LogP contribution in [0.25, 0.3) is 0 Å². The van der Waals surface area contributed by atoms with Crippen molar-refractivity contribution in [2.24, 2.45) is 5.84 Å². The summed E-state index contributed by atoms with van der Waals surface area (Å²) in [5.74, 6) is 5.11. The van der Waals surface area contributed by atoms with E-state index in [-0.39, 0.29) is 0 Å². The van der Waals surface area contributed by atoms with Gasteiger partial charge < -0.3 is 10.2 Å². The molecule has 0 spiro atoms. The largest absolute Gasteiger partial charge is 0.481 e. The zero-order chi connectivity index (χ0) is 33.1. The number of hydrogen-bond donors (Lipinski definition) is 3. The van der Waals surface area contributed by atoms with Crippen molar-refractivity contribution in [2.45, 2.75) is 206 Å². The zero-order valence-electron chi connectivity index (χ0n) is 29.5. The average Bonchev–Trinajstić information content (AvgIpc) is 3.01. The molecule has 6 heteroatoms. The van der Waals surface area contributed by atoms with Crippen molar-refractivity contribution >= 4 is 11.9 Å². The number of allylic oxidation sites excluding steroid dienone is 4. The minimum absolute atomic E-state index is 0.316. The Balaban J connectivity index is 3.47. The van der Waals surface area contributed by atoms with Gasteiger partial charge in [0.2, 0.25) is 0 Å². The maximum Gasteiger partial charge on any atom is 0.303 e. The quantitative estimate of drug-likeness (QED) is 0.0274. The minimum Gasteiger partial charge on any atom is -0.481 e. The summed E-state index contributed by atoms with van der Waals surface area (Å²) < 4.78 is 0. The van der Waals surface area contributed by atoms with Crippen LogP contribution < -0.4 is 5.84 Å². The number of aliphatic carboxylic acids is 2. The van der Waals surface area contributed by atoms with Crippen LogP contribution in [-0.4, -0.2) is 39.7 Å². The summed E-state index contributed by atoms with van der Waals surface area (Å²) in [7, 11) is 0. The summed E-state index contributed by atoms with van der Waals surface area (Å²) in [5, 5.41) is 19.4. The van der Waals surface area contributed by atoms with Gasteiger partial charge in [0.15, 0.2) is 0 Å². The summed E-state index contributed by atoms with van der Waals surface area (Å²) in [6.45, 7) is 3.31. The molecule has 0 bridgehead atoms. The molecule has 0 amide bonds. The molecule has 0 radical (unpaired) electrons. The molecule has 1 unspecified atom stereocenters. The zero-order valence-corrected chi connectivity index (χ0v) is 29.5. The van der Waals surface area contributed by atoms with Gasteiger partial charge in [0.1, 0.15) is 0 Å². The molecule has 0 aliphatic rings. The van der Waals surface area contributed by atoms with Gasteiger partial charge >= 0.3 is 11.9 Å². The molecule has 0 saturated heterocycles. The second-order valence-corrected chi connectivity index (χ2v) is 13.3. The maximum absolute atomic E-state index is 10.5. The number of nitrogens with two attached hydrogens (primary N) is 1. The molecule has 0 fully saturated rings. The van der Waals surface area contributed by atoms with Crippen LogP contribution in [-0.2, 0) is 9.59 Å². The number of unbranched alkanes of at least 4 members (excludes halogenated alkanes) is 22. The van der Waals surface area contributed by atoms with E-state index in [0.29, 0.717) is 18.9 Å². The first-order valence-electron chi connectivity index (χ1n) is 19.2. The highest BCUT2D eigenvalue weighted by Gasteiger charge is 2.12. The highest BCUT2D eigenvalue weighted by molar-refractivity contribution is 5.66. The molecule has 0 heterocycles. The average molecular weight is 635 g/mol. The van der Waals surface area contributed by atoms with Crippen LogP contribution >= 0.6 is 0 Å². The lowest BCUT2D eigenvalue weighted by Crippen LogP contribution is -2.41. The van der Waals surface area contributed by atoms with Crippen molar-refractivity contribution in [3.05, 3.63) is 24.3 Å². The van der Waals surface area contributed by atoms with Crippen molar-refractivity contribution in [2.75, 3.05) is 6.54 Å². The Bertz CT molecular complexity index is 709. The number of hydrogen-bond acceptors (Lipinski definition) is 4. The predicted molar refractivity (Wildman–Crippen MR) is 192 cm³/mol. The topological polar surface area (TPSA) is 104 Å². The Morgan fingerprint density at radius 2 is 0.822 bits per heavy atom. The fourth-order valence-electron chi connectivity index (χ4n) is 6.01. The molecule has 0 aromatic carbocycles. The minimum atomic E-state index is -0.673. The van der Waals surface area contributed by atoms with Crippen molar-refractivity contribution < 1.29 is 19.8 Å². The highest BCUT2D eigenvalue weighted by Crippen LogP contribution is 2.16. The molecule has 0 aliphatic heterocycles. The van der Waals surface area contributed by atoms with E-state index >= 15 is 0 Å². The Kier molecular flexibility index (Phi) is 33.9. The molecule has 0 aromatic rings. The molecule has 0 aromatic heterocycles. The number of carboxylic acid groups (broad SMARTS) is 2. The molecule has 0 rings (SSSR count). The fraction of sp³-hybridized carbons (Fsp3) is 0.846. The second-order valence-electron chi connectivity index (χ2n) is 13.3. The maximum atomic E-state index is 10.5. The third-order valence-electron chi connectivity index (χ3n) is 8.99. The summed E-state index contributed by atoms with van der Waals surface area (Å²) in [6, 6.07) is 0.531. The highest BCUT2D eigenvalue weighted by atomic mass is 16.4. The van der Waals surface area contributed by atoms with Crippen LogP contribution in [0.5, 0.6) is 0 Å². The first-order valence-corrected chi connectivity index (χ1v) is 19.2. The molecular formula is C39H74N2O4. The van der Waals surface area contributed by atoms with E-state index in [2.05, 4.69) is 36.2 Å². The Morgan fingerprint density at radius 3 is 1.18 bits per heavy atom. The summed E-state index contributed by atoms with van der Waals surface area (Å²) in [6.07, 6.45) is 43.8. The molecular weight excluding hydrogens is 560 g/mol. The Hall–Kier alpha value is -1.66. The number of rotatable bonds is 36. The van der Waals surface area contributed by atoms with Gasteiger partial charge in [0.05, 0.1) is 0 Å². The van der Waals surface area contributed by atoms with Gasteiger partial charge in [-0.05, 0) is 83.5 Å². The number of nitrogens with zero attached hydrogens (tertiary/aromatic N) is 1. The lowest BCUT2D eigenvalue weighted by molar-refractivity contribution is -0.138. The van der Waals surface area contributed by atoms with Gasteiger partial charge in [-0.15, -0.1) is 0 Å². The van der Waals surface area contributed by atoms with E-state index in [1.165, 1.54) is 122 Å². The molecule has 6 nitrogen and oxygen atoms in total.